The van der Waals surface area contributed by atoms with Crippen LogP contribution in [0.3, 0.4) is 0 Å². The van der Waals surface area contributed by atoms with Crippen LogP contribution in [0.4, 0.5) is 11.4 Å². The lowest BCUT2D eigenvalue weighted by molar-refractivity contribution is 0.405. The number of unbranched alkanes of at least 4 members (excludes halogenated alkanes) is 1. The highest BCUT2D eigenvalue weighted by molar-refractivity contribution is 6.76. The summed E-state index contributed by atoms with van der Waals surface area (Å²) in [5.74, 6) is -0.0975. The minimum absolute atomic E-state index is 0.0436. The molecule has 0 radical (unpaired) electrons. The topological polar surface area (TPSA) is 65.2 Å². The number of aryl methyl sites for hydroxylation is 6. The van der Waals surface area contributed by atoms with Crippen molar-refractivity contribution in [3.8, 4) is 11.5 Å². The van der Waals surface area contributed by atoms with E-state index in [0.29, 0.717) is 0 Å². The Hall–Kier alpha value is -3.70. The largest absolute Gasteiger partial charge is 0.504 e. The SMILES string of the molecule is CCCCC(C=Nc1ccc(CC)c(CC)c1)=Nc1ccc(CC)c(CC)c1.Cc1c(CC[Si](C)(C)C)ccc2cc(O)c(O)cc12. The van der Waals surface area contributed by atoms with Crippen molar-refractivity contribution in [2.24, 2.45) is 9.98 Å². The Morgan fingerprint density at radius 3 is 1.81 bits per heavy atom. The lowest BCUT2D eigenvalue weighted by Gasteiger charge is -2.17. The molecule has 0 unspecified atom stereocenters. The number of aliphatic imine (C=N–C) groups is 2. The zero-order valence-electron chi connectivity index (χ0n) is 30.5. The molecule has 4 rings (SSSR count). The molecule has 4 nitrogen and oxygen atoms in total. The molecule has 5 heteroatoms. The van der Waals surface area contributed by atoms with Crippen molar-refractivity contribution in [1.29, 1.82) is 0 Å². The number of aromatic hydroxyl groups is 2. The molecule has 0 heterocycles. The van der Waals surface area contributed by atoms with Gasteiger partial charge in [-0.1, -0.05) is 91.0 Å². The summed E-state index contributed by atoms with van der Waals surface area (Å²) >= 11 is 0. The number of phenolic OH excluding ortho intramolecular Hbond substituents is 2. The van der Waals surface area contributed by atoms with Crippen molar-refractivity contribution in [2.45, 2.75) is 119 Å². The van der Waals surface area contributed by atoms with Crippen molar-refractivity contribution in [3.63, 3.8) is 0 Å². The van der Waals surface area contributed by atoms with Gasteiger partial charge in [0.1, 0.15) is 0 Å². The number of hydrogen-bond acceptors (Lipinski definition) is 4. The Balaban J connectivity index is 0.000000274. The summed E-state index contributed by atoms with van der Waals surface area (Å²) in [7, 11) is -1.04. The van der Waals surface area contributed by atoms with Gasteiger partial charge in [-0.25, -0.2) is 0 Å². The molecular formula is C42H58N2O2Si. The molecule has 0 spiro atoms. The van der Waals surface area contributed by atoms with E-state index >= 15 is 0 Å². The summed E-state index contributed by atoms with van der Waals surface area (Å²) < 4.78 is 0. The van der Waals surface area contributed by atoms with Crippen LogP contribution in [0.2, 0.25) is 25.7 Å². The highest BCUT2D eigenvalue weighted by Crippen LogP contribution is 2.33. The minimum Gasteiger partial charge on any atom is -0.504 e. The Morgan fingerprint density at radius 1 is 0.681 bits per heavy atom. The zero-order valence-corrected chi connectivity index (χ0v) is 31.5. The Kier molecular flexibility index (Phi) is 14.5. The molecule has 47 heavy (non-hydrogen) atoms. The molecule has 0 saturated heterocycles. The van der Waals surface area contributed by atoms with Gasteiger partial charge in [0.25, 0.3) is 0 Å². The molecule has 0 fully saturated rings. The maximum Gasteiger partial charge on any atom is 0.158 e. The molecule has 0 aromatic heterocycles. The van der Waals surface area contributed by atoms with Crippen molar-refractivity contribution in [3.05, 3.63) is 94.0 Å². The average Bonchev–Trinajstić information content (AvgIpc) is 3.06. The van der Waals surface area contributed by atoms with E-state index in [1.807, 2.05) is 12.3 Å². The first-order chi connectivity index (χ1) is 22.4. The molecule has 4 aromatic carbocycles. The molecule has 0 saturated carbocycles. The first-order valence-electron chi connectivity index (χ1n) is 17.7. The summed E-state index contributed by atoms with van der Waals surface area (Å²) in [6.45, 7) is 20.3. The second-order valence-electron chi connectivity index (χ2n) is 13.8. The average molecular weight is 651 g/mol. The van der Waals surface area contributed by atoms with E-state index in [0.717, 1.165) is 79.2 Å². The van der Waals surface area contributed by atoms with E-state index in [4.69, 9.17) is 9.98 Å². The van der Waals surface area contributed by atoms with Crippen LogP contribution in [-0.4, -0.2) is 30.2 Å². The number of fused-ring (bicyclic) bond motifs is 1. The van der Waals surface area contributed by atoms with Crippen molar-refractivity contribution < 1.29 is 10.2 Å². The second kappa shape index (κ2) is 18.0. The molecule has 2 N–H and O–H groups in total. The number of nitrogens with zero attached hydrogens (tertiary/aromatic N) is 2. The molecule has 0 aliphatic carbocycles. The smallest absolute Gasteiger partial charge is 0.158 e. The quantitative estimate of drug-likeness (QED) is 0.0859. The summed E-state index contributed by atoms with van der Waals surface area (Å²) in [5, 5.41) is 21.2. The van der Waals surface area contributed by atoms with Crippen LogP contribution in [-0.2, 0) is 32.1 Å². The van der Waals surface area contributed by atoms with Gasteiger partial charge >= 0.3 is 0 Å². The van der Waals surface area contributed by atoms with Crippen LogP contribution in [0.1, 0.15) is 87.3 Å². The predicted octanol–water partition coefficient (Wildman–Crippen LogP) is 12.0. The Labute approximate surface area is 285 Å². The van der Waals surface area contributed by atoms with E-state index < -0.39 is 8.07 Å². The van der Waals surface area contributed by atoms with Gasteiger partial charge in [0, 0.05) is 14.3 Å². The lowest BCUT2D eigenvalue weighted by atomic mass is 9.98. The van der Waals surface area contributed by atoms with Gasteiger partial charge in [-0.3, -0.25) is 9.98 Å². The van der Waals surface area contributed by atoms with Crippen LogP contribution in [0, 0.1) is 6.92 Å². The standard InChI is InChI=1S/C26H36N2.C16H22O2Si/c1-6-11-12-26(28-25-16-14-21(8-3)23(10-5)18-25)19-27-24-15-13-20(7-2)22(9-4)17-24;1-11-12(7-8-19(2,3)4)5-6-13-9-15(17)16(18)10-14(11)13/h13-19H,6-12H2,1-5H3;5-6,9-10,17-18H,7-8H2,1-4H3. The van der Waals surface area contributed by atoms with E-state index in [9.17, 15) is 10.2 Å². The first kappa shape index (κ1) is 37.8. The maximum absolute atomic E-state index is 9.65. The maximum atomic E-state index is 9.65. The summed E-state index contributed by atoms with van der Waals surface area (Å²) in [6, 6.07) is 21.9. The fourth-order valence-corrected chi connectivity index (χ4v) is 6.89. The normalized spacial score (nSPS) is 12.1. The molecule has 0 aliphatic rings. The Bertz CT molecular complexity index is 1680. The van der Waals surface area contributed by atoms with Gasteiger partial charge in [-0.05, 0) is 132 Å². The van der Waals surface area contributed by atoms with Gasteiger partial charge in [-0.15, -0.1) is 0 Å². The lowest BCUT2D eigenvalue weighted by Crippen LogP contribution is -2.20. The first-order valence-corrected chi connectivity index (χ1v) is 21.4. The highest BCUT2D eigenvalue weighted by Gasteiger charge is 2.14. The summed E-state index contributed by atoms with van der Waals surface area (Å²) in [6.07, 6.45) is 10.6. The molecule has 4 aromatic rings. The number of hydrogen-bond donors (Lipinski definition) is 2. The molecule has 252 valence electrons. The van der Waals surface area contributed by atoms with Crippen LogP contribution >= 0.6 is 0 Å². The van der Waals surface area contributed by atoms with E-state index in [-0.39, 0.29) is 11.5 Å². The van der Waals surface area contributed by atoms with Gasteiger partial charge in [-0.2, -0.15) is 0 Å². The molecule has 0 amide bonds. The van der Waals surface area contributed by atoms with Crippen molar-refractivity contribution >= 4 is 42.1 Å². The molecule has 0 bridgehead atoms. The number of benzene rings is 4. The number of rotatable bonds is 13. The van der Waals surface area contributed by atoms with Crippen LogP contribution in [0.15, 0.2) is 70.6 Å². The summed E-state index contributed by atoms with van der Waals surface area (Å²) in [5.41, 5.74) is 11.3. The second-order valence-corrected chi connectivity index (χ2v) is 19.4. The third-order valence-corrected chi connectivity index (χ3v) is 10.7. The van der Waals surface area contributed by atoms with E-state index in [2.05, 4.69) is 104 Å². The zero-order chi connectivity index (χ0) is 34.6. The van der Waals surface area contributed by atoms with Crippen molar-refractivity contribution in [1.82, 2.24) is 0 Å². The molecule has 0 aliphatic heterocycles. The van der Waals surface area contributed by atoms with E-state index in [1.54, 1.807) is 12.1 Å². The van der Waals surface area contributed by atoms with Gasteiger partial charge < -0.3 is 10.2 Å². The predicted molar refractivity (Wildman–Crippen MR) is 209 cm³/mol. The highest BCUT2D eigenvalue weighted by atomic mass is 28.3. The third-order valence-electron chi connectivity index (χ3n) is 8.97. The monoisotopic (exact) mass is 650 g/mol. The van der Waals surface area contributed by atoms with E-state index in [1.165, 1.54) is 39.4 Å². The fourth-order valence-electron chi connectivity index (χ4n) is 5.87. The van der Waals surface area contributed by atoms with Crippen LogP contribution < -0.4 is 0 Å². The molecule has 0 atom stereocenters. The Morgan fingerprint density at radius 2 is 1.23 bits per heavy atom. The van der Waals surface area contributed by atoms with Crippen LogP contribution in [0.5, 0.6) is 11.5 Å². The summed E-state index contributed by atoms with van der Waals surface area (Å²) in [4.78, 5) is 9.70. The van der Waals surface area contributed by atoms with Gasteiger partial charge in [0.2, 0.25) is 0 Å². The van der Waals surface area contributed by atoms with Crippen LogP contribution in [0.25, 0.3) is 10.8 Å². The van der Waals surface area contributed by atoms with Gasteiger partial charge in [0.15, 0.2) is 11.5 Å². The molecular weight excluding hydrogens is 593 g/mol. The van der Waals surface area contributed by atoms with Gasteiger partial charge in [0.05, 0.1) is 17.1 Å². The fraction of sp³-hybridized carbons (Fsp3) is 0.429. The third kappa shape index (κ3) is 11.2. The number of phenols is 2. The van der Waals surface area contributed by atoms with Crippen molar-refractivity contribution in [2.75, 3.05) is 0 Å². The minimum atomic E-state index is -1.04.